The van der Waals surface area contributed by atoms with Crippen molar-refractivity contribution in [1.82, 2.24) is 4.90 Å². The molecule has 0 unspecified atom stereocenters. The molecule has 0 aromatic rings. The van der Waals surface area contributed by atoms with Crippen molar-refractivity contribution in [2.45, 2.75) is 38.1 Å². The molecular weight excluding hydrogens is 158 g/mol. The average molecular weight is 170 g/mol. The molecule has 0 aromatic carbocycles. The van der Waals surface area contributed by atoms with Crippen LogP contribution in [0.1, 0.15) is 32.1 Å². The van der Waals surface area contributed by atoms with Gasteiger partial charge in [0.1, 0.15) is 0 Å². The van der Waals surface area contributed by atoms with E-state index in [0.29, 0.717) is 0 Å². The summed E-state index contributed by atoms with van der Waals surface area (Å²) in [6, 6.07) is -0.131. The van der Waals surface area contributed by atoms with Crippen LogP contribution < -0.4 is 0 Å². The lowest BCUT2D eigenvalue weighted by molar-refractivity contribution is 0.145. The molecule has 67 valence electrons. The maximum atomic E-state index is 10.5. The van der Waals surface area contributed by atoms with E-state index in [-0.39, 0.29) is 6.04 Å². The van der Waals surface area contributed by atoms with Crippen LogP contribution in [0.5, 0.6) is 0 Å². The van der Waals surface area contributed by atoms with Crippen molar-refractivity contribution in [2.75, 3.05) is 0 Å². The minimum Gasteiger partial charge on any atom is -0.465 e. The summed E-state index contributed by atoms with van der Waals surface area (Å²) in [5, 5.41) is 8.59. The molecule has 4 nitrogen and oxygen atoms in total. The average Bonchev–Trinajstić information content (AvgIpc) is 2.07. The fourth-order valence-corrected chi connectivity index (χ4v) is 1.61. The summed E-state index contributed by atoms with van der Waals surface area (Å²) in [6.07, 6.45) is 5.02. The first-order valence-corrected chi connectivity index (χ1v) is 4.15. The molecule has 4 heteroatoms. The van der Waals surface area contributed by atoms with E-state index in [1.165, 1.54) is 6.41 Å². The molecule has 0 spiro atoms. The SMILES string of the molecule is O=[C]N(C(=O)O)C1CCCCC1. The number of hydrogen-bond donors (Lipinski definition) is 1. The number of hydrogen-bond acceptors (Lipinski definition) is 2. The van der Waals surface area contributed by atoms with Gasteiger partial charge in [-0.3, -0.25) is 4.79 Å². The van der Waals surface area contributed by atoms with Gasteiger partial charge in [-0.15, -0.1) is 0 Å². The van der Waals surface area contributed by atoms with E-state index in [4.69, 9.17) is 5.11 Å². The zero-order chi connectivity index (χ0) is 8.97. The highest BCUT2D eigenvalue weighted by Gasteiger charge is 2.24. The van der Waals surface area contributed by atoms with Crippen molar-refractivity contribution in [2.24, 2.45) is 0 Å². The first-order valence-electron chi connectivity index (χ1n) is 4.15. The third-order valence-electron chi connectivity index (χ3n) is 2.24. The number of rotatable bonds is 2. The molecule has 2 amide bonds. The smallest absolute Gasteiger partial charge is 0.414 e. The number of nitrogens with zero attached hydrogens (tertiary/aromatic N) is 1. The Hall–Kier alpha value is -1.06. The first kappa shape index (κ1) is 9.03. The van der Waals surface area contributed by atoms with Gasteiger partial charge in [-0.05, 0) is 12.8 Å². The van der Waals surface area contributed by atoms with Crippen LogP contribution in [0, 0.1) is 0 Å². The van der Waals surface area contributed by atoms with Gasteiger partial charge in [-0.2, -0.15) is 0 Å². The van der Waals surface area contributed by atoms with E-state index in [1.807, 2.05) is 0 Å². The van der Waals surface area contributed by atoms with Gasteiger partial charge in [0.25, 0.3) is 0 Å². The number of carboxylic acid groups (broad SMARTS) is 1. The van der Waals surface area contributed by atoms with E-state index in [1.54, 1.807) is 0 Å². The molecular formula is C8H12NO3. The maximum absolute atomic E-state index is 10.5. The lowest BCUT2D eigenvalue weighted by Crippen LogP contribution is -2.39. The minimum atomic E-state index is -1.18. The Morgan fingerprint density at radius 3 is 2.33 bits per heavy atom. The molecule has 0 bridgehead atoms. The predicted octanol–water partition coefficient (Wildman–Crippen LogP) is 1.37. The van der Waals surface area contributed by atoms with Crippen LogP contribution in [0.2, 0.25) is 0 Å². The van der Waals surface area contributed by atoms with Crippen LogP contribution in [0.3, 0.4) is 0 Å². The fourth-order valence-electron chi connectivity index (χ4n) is 1.61. The van der Waals surface area contributed by atoms with Gasteiger partial charge in [0, 0.05) is 6.04 Å². The topological polar surface area (TPSA) is 57.6 Å². The van der Waals surface area contributed by atoms with Gasteiger partial charge < -0.3 is 5.11 Å². The van der Waals surface area contributed by atoms with Crippen molar-refractivity contribution in [3.63, 3.8) is 0 Å². The van der Waals surface area contributed by atoms with Gasteiger partial charge in [-0.1, -0.05) is 19.3 Å². The lowest BCUT2D eigenvalue weighted by atomic mass is 9.95. The summed E-state index contributed by atoms with van der Waals surface area (Å²) in [7, 11) is 0. The molecule has 12 heavy (non-hydrogen) atoms. The maximum Gasteiger partial charge on any atom is 0.414 e. The second-order valence-electron chi connectivity index (χ2n) is 3.04. The molecule has 1 aliphatic carbocycles. The third kappa shape index (κ3) is 1.96. The number of imide groups is 1. The molecule has 1 rings (SSSR count). The number of amides is 2. The Labute approximate surface area is 71.2 Å². The Morgan fingerprint density at radius 1 is 1.33 bits per heavy atom. The van der Waals surface area contributed by atoms with Crippen LogP contribution in [-0.4, -0.2) is 28.6 Å². The summed E-state index contributed by atoms with van der Waals surface area (Å²) in [4.78, 5) is 21.5. The van der Waals surface area contributed by atoms with Crippen LogP contribution in [0.15, 0.2) is 0 Å². The van der Waals surface area contributed by atoms with E-state index in [9.17, 15) is 9.59 Å². The molecule has 1 radical (unpaired) electrons. The number of carbonyl (C=O) groups excluding carboxylic acids is 1. The Morgan fingerprint density at radius 2 is 1.92 bits per heavy atom. The normalized spacial score (nSPS) is 18.7. The third-order valence-corrected chi connectivity index (χ3v) is 2.24. The highest BCUT2D eigenvalue weighted by atomic mass is 16.4. The van der Waals surface area contributed by atoms with Gasteiger partial charge >= 0.3 is 12.5 Å². The van der Waals surface area contributed by atoms with Crippen LogP contribution in [-0.2, 0) is 4.79 Å². The van der Waals surface area contributed by atoms with Gasteiger partial charge in [0.15, 0.2) is 0 Å². The predicted molar refractivity (Wildman–Crippen MR) is 42.4 cm³/mol. The molecule has 0 atom stereocenters. The molecule has 1 aliphatic rings. The molecule has 1 fully saturated rings. The van der Waals surface area contributed by atoms with Crippen molar-refractivity contribution < 1.29 is 14.7 Å². The van der Waals surface area contributed by atoms with Crippen molar-refractivity contribution >= 4 is 12.5 Å². The molecule has 0 aliphatic heterocycles. The Bertz CT molecular complexity index is 175. The summed E-state index contributed by atoms with van der Waals surface area (Å²) in [5.41, 5.74) is 0. The van der Waals surface area contributed by atoms with E-state index >= 15 is 0 Å². The lowest BCUT2D eigenvalue weighted by Gasteiger charge is -2.26. The van der Waals surface area contributed by atoms with E-state index < -0.39 is 6.09 Å². The van der Waals surface area contributed by atoms with Gasteiger partial charge in [0.05, 0.1) is 0 Å². The van der Waals surface area contributed by atoms with Crippen LogP contribution >= 0.6 is 0 Å². The minimum absolute atomic E-state index is 0.131. The largest absolute Gasteiger partial charge is 0.465 e. The molecule has 1 saturated carbocycles. The number of carbonyl (C=O) groups is 1. The summed E-state index contributed by atoms with van der Waals surface area (Å²) in [6.45, 7) is 0. The first-order chi connectivity index (χ1) is 5.75. The quantitative estimate of drug-likeness (QED) is 0.636. The summed E-state index contributed by atoms with van der Waals surface area (Å²) < 4.78 is 0. The molecule has 0 aromatic heterocycles. The monoisotopic (exact) mass is 170 g/mol. The fraction of sp³-hybridized carbons (Fsp3) is 0.750. The second-order valence-corrected chi connectivity index (χ2v) is 3.04. The standard InChI is InChI=1S/C8H12NO3/c10-6-9(8(11)12)7-4-2-1-3-5-7/h7H,1-5H2,(H,11,12). The van der Waals surface area contributed by atoms with Crippen molar-refractivity contribution in [3.05, 3.63) is 0 Å². The zero-order valence-corrected chi connectivity index (χ0v) is 6.82. The van der Waals surface area contributed by atoms with Crippen molar-refractivity contribution in [1.29, 1.82) is 0 Å². The summed E-state index contributed by atoms with van der Waals surface area (Å²) in [5.74, 6) is 0. The molecule has 1 N–H and O–H groups in total. The summed E-state index contributed by atoms with van der Waals surface area (Å²) >= 11 is 0. The van der Waals surface area contributed by atoms with E-state index in [0.717, 1.165) is 37.0 Å². The van der Waals surface area contributed by atoms with Gasteiger partial charge in [-0.25, -0.2) is 9.69 Å². The highest BCUT2D eigenvalue weighted by molar-refractivity contribution is 5.79. The zero-order valence-electron chi connectivity index (χ0n) is 6.82. The van der Waals surface area contributed by atoms with Crippen LogP contribution in [0.25, 0.3) is 0 Å². The second kappa shape index (κ2) is 4.09. The van der Waals surface area contributed by atoms with Crippen LogP contribution in [0.4, 0.5) is 4.79 Å². The van der Waals surface area contributed by atoms with Crippen molar-refractivity contribution in [3.8, 4) is 0 Å². The Kier molecular flexibility index (Phi) is 3.08. The van der Waals surface area contributed by atoms with E-state index in [2.05, 4.69) is 0 Å². The molecule has 0 saturated heterocycles. The highest BCUT2D eigenvalue weighted by Crippen LogP contribution is 2.21. The van der Waals surface area contributed by atoms with Gasteiger partial charge in [0.2, 0.25) is 0 Å². The Balaban J connectivity index is 2.51. The molecule has 0 heterocycles.